The fourth-order valence-electron chi connectivity index (χ4n) is 3.84. The summed E-state index contributed by atoms with van der Waals surface area (Å²) in [5.74, 6) is 1.92. The first-order valence-corrected chi connectivity index (χ1v) is 11.5. The van der Waals surface area contributed by atoms with Gasteiger partial charge in [-0.3, -0.25) is 4.79 Å². The van der Waals surface area contributed by atoms with Crippen LogP contribution in [-0.4, -0.2) is 34.2 Å². The molecule has 166 valence electrons. The number of hydrogen-bond donors (Lipinski definition) is 0. The number of rotatable bonds is 5. The summed E-state index contributed by atoms with van der Waals surface area (Å²) < 4.78 is 22.2. The van der Waals surface area contributed by atoms with E-state index in [2.05, 4.69) is 10.1 Å². The second-order valence-electron chi connectivity index (χ2n) is 7.48. The second kappa shape index (κ2) is 8.17. The van der Waals surface area contributed by atoms with Crippen LogP contribution in [0.3, 0.4) is 0 Å². The Morgan fingerprint density at radius 3 is 2.94 bits per heavy atom. The van der Waals surface area contributed by atoms with Crippen LogP contribution in [0.2, 0.25) is 5.02 Å². The predicted octanol–water partition coefficient (Wildman–Crippen LogP) is 5.27. The number of oxazole rings is 1. The van der Waals surface area contributed by atoms with Crippen molar-refractivity contribution >= 4 is 46.1 Å². The van der Waals surface area contributed by atoms with E-state index in [4.69, 9.17) is 29.9 Å². The maximum absolute atomic E-state index is 13.2. The summed E-state index contributed by atoms with van der Waals surface area (Å²) in [5, 5.41) is 7.08. The molecule has 2 aliphatic rings. The van der Waals surface area contributed by atoms with E-state index in [1.807, 2.05) is 24.3 Å². The van der Waals surface area contributed by atoms with Crippen LogP contribution >= 0.6 is 23.4 Å². The Balaban J connectivity index is 1.25. The molecule has 6 rings (SSSR count). The van der Waals surface area contributed by atoms with Gasteiger partial charge in [0, 0.05) is 11.4 Å². The van der Waals surface area contributed by atoms with Gasteiger partial charge in [0.1, 0.15) is 17.0 Å². The molecule has 4 aromatic rings. The number of nitrogens with zero attached hydrogens (tertiary/aromatic N) is 3. The van der Waals surface area contributed by atoms with Crippen LogP contribution in [-0.2, 0) is 4.79 Å². The quantitative estimate of drug-likeness (QED) is 0.358. The molecule has 8 nitrogen and oxygen atoms in total. The zero-order valence-corrected chi connectivity index (χ0v) is 18.6. The van der Waals surface area contributed by atoms with Gasteiger partial charge in [-0.1, -0.05) is 29.4 Å². The molecule has 2 aromatic carbocycles. The van der Waals surface area contributed by atoms with Gasteiger partial charge in [-0.25, -0.2) is 9.99 Å². The Kier molecular flexibility index (Phi) is 5.00. The first-order valence-electron chi connectivity index (χ1n) is 10.2. The molecular formula is C23H16ClN3O5S. The molecule has 2 aromatic heterocycles. The SMILES string of the molecule is O=C(CSc1nc2cc(Cl)ccc2o1)N1N=C(c2ccco2)C[C@H]1c1ccc2c(c1)OCO2. The maximum atomic E-state index is 13.2. The van der Waals surface area contributed by atoms with Gasteiger partial charge in [-0.2, -0.15) is 5.10 Å². The van der Waals surface area contributed by atoms with Gasteiger partial charge >= 0.3 is 0 Å². The van der Waals surface area contributed by atoms with Crippen molar-refractivity contribution in [3.8, 4) is 11.5 Å². The molecule has 33 heavy (non-hydrogen) atoms. The Morgan fingerprint density at radius 2 is 2.06 bits per heavy atom. The monoisotopic (exact) mass is 481 g/mol. The number of hydrazone groups is 1. The number of fused-ring (bicyclic) bond motifs is 2. The van der Waals surface area contributed by atoms with E-state index < -0.39 is 0 Å². The number of aromatic nitrogens is 1. The Labute approximate surface area is 197 Å². The van der Waals surface area contributed by atoms with Gasteiger partial charge in [0.25, 0.3) is 11.1 Å². The molecule has 0 saturated carbocycles. The Bertz CT molecular complexity index is 1380. The van der Waals surface area contributed by atoms with Crippen LogP contribution in [0.1, 0.15) is 23.8 Å². The summed E-state index contributed by atoms with van der Waals surface area (Å²) in [6.45, 7) is 0.187. The molecule has 0 spiro atoms. The number of furan rings is 1. The summed E-state index contributed by atoms with van der Waals surface area (Å²) in [4.78, 5) is 17.6. The van der Waals surface area contributed by atoms with Crippen molar-refractivity contribution in [2.75, 3.05) is 12.5 Å². The van der Waals surface area contributed by atoms with Crippen LogP contribution in [0.4, 0.5) is 0 Å². The summed E-state index contributed by atoms with van der Waals surface area (Å²) >= 11 is 7.23. The van der Waals surface area contributed by atoms with Gasteiger partial charge in [-0.05, 0) is 48.0 Å². The Hall–Kier alpha value is -3.43. The van der Waals surface area contributed by atoms with Gasteiger partial charge in [-0.15, -0.1) is 0 Å². The molecule has 0 bridgehead atoms. The molecular weight excluding hydrogens is 466 g/mol. The van der Waals surface area contributed by atoms with Crippen LogP contribution in [0, 0.1) is 0 Å². The number of halogens is 1. The third-order valence-corrected chi connectivity index (χ3v) is 6.45. The van der Waals surface area contributed by atoms with Crippen LogP contribution in [0.15, 0.2) is 74.0 Å². The van der Waals surface area contributed by atoms with E-state index >= 15 is 0 Å². The van der Waals surface area contributed by atoms with E-state index in [0.717, 1.165) is 5.56 Å². The van der Waals surface area contributed by atoms with Crippen LogP contribution < -0.4 is 9.47 Å². The number of carbonyl (C=O) groups excluding carboxylic acids is 1. The van der Waals surface area contributed by atoms with E-state index in [-0.39, 0.29) is 24.5 Å². The van der Waals surface area contributed by atoms with Gasteiger partial charge in [0.15, 0.2) is 17.1 Å². The van der Waals surface area contributed by atoms with E-state index in [1.54, 1.807) is 30.5 Å². The molecule has 1 atom stereocenters. The highest BCUT2D eigenvalue weighted by atomic mass is 35.5. The van der Waals surface area contributed by atoms with Crippen molar-refractivity contribution in [2.24, 2.45) is 5.10 Å². The number of thioether (sulfide) groups is 1. The first-order chi connectivity index (χ1) is 16.1. The molecule has 4 heterocycles. The number of ether oxygens (including phenoxy) is 2. The highest BCUT2D eigenvalue weighted by Gasteiger charge is 2.35. The molecule has 0 fully saturated rings. The predicted molar refractivity (Wildman–Crippen MR) is 122 cm³/mol. The topological polar surface area (TPSA) is 90.3 Å². The fraction of sp³-hybridized carbons (Fsp3) is 0.174. The van der Waals surface area contributed by atoms with Crippen molar-refractivity contribution in [3.63, 3.8) is 0 Å². The number of amides is 1. The lowest BCUT2D eigenvalue weighted by atomic mass is 10.0. The zero-order valence-electron chi connectivity index (χ0n) is 17.1. The van der Waals surface area contributed by atoms with Crippen molar-refractivity contribution in [1.82, 2.24) is 9.99 Å². The number of benzene rings is 2. The smallest absolute Gasteiger partial charge is 0.257 e. The minimum atomic E-state index is -0.296. The van der Waals surface area contributed by atoms with Gasteiger partial charge in [0.2, 0.25) is 6.79 Å². The third kappa shape index (κ3) is 3.83. The van der Waals surface area contributed by atoms with Crippen molar-refractivity contribution in [1.29, 1.82) is 0 Å². The average molecular weight is 482 g/mol. The van der Waals surface area contributed by atoms with E-state index in [9.17, 15) is 4.79 Å². The lowest BCUT2D eigenvalue weighted by Gasteiger charge is -2.22. The van der Waals surface area contributed by atoms with Gasteiger partial charge < -0.3 is 18.3 Å². The van der Waals surface area contributed by atoms with Crippen molar-refractivity contribution < 1.29 is 23.1 Å². The highest BCUT2D eigenvalue weighted by molar-refractivity contribution is 7.99. The third-order valence-electron chi connectivity index (χ3n) is 5.40. The minimum absolute atomic E-state index is 0.108. The van der Waals surface area contributed by atoms with Crippen molar-refractivity contribution in [3.05, 3.63) is 71.1 Å². The number of carbonyl (C=O) groups is 1. The summed E-state index contributed by atoms with van der Waals surface area (Å²) in [5.41, 5.74) is 2.87. The highest BCUT2D eigenvalue weighted by Crippen LogP contribution is 2.39. The van der Waals surface area contributed by atoms with Gasteiger partial charge in [0.05, 0.1) is 18.1 Å². The summed E-state index contributed by atoms with van der Waals surface area (Å²) in [7, 11) is 0. The molecule has 1 amide bonds. The van der Waals surface area contributed by atoms with Crippen molar-refractivity contribution in [2.45, 2.75) is 17.7 Å². The molecule has 10 heteroatoms. The first kappa shape index (κ1) is 20.2. The minimum Gasteiger partial charge on any atom is -0.463 e. The van der Waals surface area contributed by atoms with E-state index in [1.165, 1.54) is 16.8 Å². The summed E-state index contributed by atoms with van der Waals surface area (Å²) in [6, 6.07) is 14.2. The molecule has 0 aliphatic carbocycles. The molecule has 2 aliphatic heterocycles. The van der Waals surface area contributed by atoms with Crippen LogP contribution in [0.25, 0.3) is 11.1 Å². The van der Waals surface area contributed by atoms with E-state index in [0.29, 0.717) is 50.7 Å². The number of hydrogen-bond acceptors (Lipinski definition) is 8. The largest absolute Gasteiger partial charge is 0.463 e. The maximum Gasteiger partial charge on any atom is 0.257 e. The Morgan fingerprint density at radius 1 is 1.15 bits per heavy atom. The lowest BCUT2D eigenvalue weighted by molar-refractivity contribution is -0.130. The molecule has 0 unspecified atom stereocenters. The zero-order chi connectivity index (χ0) is 22.4. The lowest BCUT2D eigenvalue weighted by Crippen LogP contribution is -2.28. The fourth-order valence-corrected chi connectivity index (χ4v) is 4.70. The molecule has 0 N–H and O–H groups in total. The normalized spacial score (nSPS) is 17.1. The summed E-state index contributed by atoms with van der Waals surface area (Å²) in [6.07, 6.45) is 2.11. The molecule has 0 saturated heterocycles. The van der Waals surface area contributed by atoms with Crippen LogP contribution in [0.5, 0.6) is 11.5 Å². The second-order valence-corrected chi connectivity index (χ2v) is 8.84. The standard InChI is InChI=1S/C23H16ClN3O5S/c24-14-4-6-19-15(9-14)25-23(32-19)33-11-22(28)27-17(10-16(26-27)18-2-1-7-29-18)13-3-5-20-21(8-13)31-12-30-20/h1-9,17H,10-12H2/t17-/m0/s1. The average Bonchev–Trinajstić information content (AvgIpc) is 3.61. The molecule has 0 radical (unpaired) electrons.